The Morgan fingerprint density at radius 3 is 2.27 bits per heavy atom. The number of carboxylic acid groups (broad SMARTS) is 1. The van der Waals surface area contributed by atoms with Gasteiger partial charge in [-0.25, -0.2) is 9.78 Å². The first kappa shape index (κ1) is 10.3. The number of aromatic nitrogens is 2. The number of nitrogens with zero attached hydrogens (tertiary/aromatic N) is 1. The van der Waals surface area contributed by atoms with E-state index in [1.54, 1.807) is 18.7 Å². The summed E-state index contributed by atoms with van der Waals surface area (Å²) >= 11 is 9.56. The molecule has 2 N–H and O–H groups in total. The normalized spacial score (nSPS) is 8.64. The quantitative estimate of drug-likeness (QED) is 0.666. The molecule has 1 heterocycles. The monoisotopic (exact) mass is 196 g/mol. The number of rotatable bonds is 1. The van der Waals surface area contributed by atoms with Gasteiger partial charge in [0.25, 0.3) is 0 Å². The Morgan fingerprint density at radius 2 is 2.18 bits per heavy atom. The van der Waals surface area contributed by atoms with E-state index >= 15 is 0 Å². The zero-order valence-electron chi connectivity index (χ0n) is 5.37. The van der Waals surface area contributed by atoms with E-state index in [4.69, 9.17) is 28.3 Å². The highest BCUT2D eigenvalue weighted by atomic mass is 35.5. The van der Waals surface area contributed by atoms with E-state index in [1.165, 1.54) is 0 Å². The average molecular weight is 197 g/mol. The number of halogens is 2. The SMILES string of the molecule is O=C(O)C(Cl)Cl.c1c[nH]cn1. The summed E-state index contributed by atoms with van der Waals surface area (Å²) in [5.41, 5.74) is 0. The van der Waals surface area contributed by atoms with Crippen molar-refractivity contribution in [1.82, 2.24) is 9.97 Å². The molecule has 0 unspecified atom stereocenters. The molecule has 0 fully saturated rings. The number of aromatic amines is 1. The molecule has 1 rings (SSSR count). The van der Waals surface area contributed by atoms with Gasteiger partial charge in [-0.05, 0) is 0 Å². The molecule has 0 aromatic carbocycles. The highest BCUT2D eigenvalue weighted by Gasteiger charge is 2.05. The maximum Gasteiger partial charge on any atom is 0.337 e. The van der Waals surface area contributed by atoms with Crippen molar-refractivity contribution in [3.05, 3.63) is 18.7 Å². The van der Waals surface area contributed by atoms with E-state index < -0.39 is 10.8 Å². The van der Waals surface area contributed by atoms with Crippen LogP contribution < -0.4 is 0 Å². The van der Waals surface area contributed by atoms with Crippen LogP contribution >= 0.6 is 23.2 Å². The number of H-pyrrole nitrogens is 1. The summed E-state index contributed by atoms with van der Waals surface area (Å²) in [5.74, 6) is -1.21. The predicted molar refractivity (Wildman–Crippen MR) is 41.7 cm³/mol. The van der Waals surface area contributed by atoms with E-state index in [1.807, 2.05) is 0 Å². The van der Waals surface area contributed by atoms with Gasteiger partial charge in [0.05, 0.1) is 6.33 Å². The Morgan fingerprint density at radius 1 is 1.64 bits per heavy atom. The molecule has 0 spiro atoms. The minimum absolute atomic E-state index is 1.21. The molecule has 0 saturated carbocycles. The summed E-state index contributed by atoms with van der Waals surface area (Å²) in [5, 5.41) is 7.73. The van der Waals surface area contributed by atoms with Gasteiger partial charge in [0.1, 0.15) is 0 Å². The fourth-order valence-electron chi connectivity index (χ4n) is 0.215. The van der Waals surface area contributed by atoms with Crippen molar-refractivity contribution in [2.45, 2.75) is 4.84 Å². The minimum atomic E-state index is -1.29. The number of alkyl halides is 2. The minimum Gasteiger partial charge on any atom is -0.479 e. The zero-order valence-corrected chi connectivity index (χ0v) is 6.88. The van der Waals surface area contributed by atoms with Crippen molar-refractivity contribution in [1.29, 1.82) is 0 Å². The molecule has 1 aromatic heterocycles. The van der Waals surface area contributed by atoms with E-state index in [0.29, 0.717) is 0 Å². The van der Waals surface area contributed by atoms with Crippen LogP contribution in [-0.2, 0) is 4.79 Å². The Hall–Kier alpha value is -0.740. The summed E-state index contributed by atoms with van der Waals surface area (Å²) in [6.07, 6.45) is 5.08. The first-order chi connectivity index (χ1) is 5.14. The second kappa shape index (κ2) is 6.00. The highest BCUT2D eigenvalue weighted by Crippen LogP contribution is 1.98. The molecule has 4 nitrogen and oxygen atoms in total. The van der Waals surface area contributed by atoms with Crippen LogP contribution in [0.2, 0.25) is 0 Å². The second-order valence-corrected chi connectivity index (χ2v) is 2.50. The van der Waals surface area contributed by atoms with Gasteiger partial charge >= 0.3 is 5.97 Å². The van der Waals surface area contributed by atoms with Crippen LogP contribution in [0.1, 0.15) is 0 Å². The second-order valence-electron chi connectivity index (χ2n) is 1.40. The maximum atomic E-state index is 9.44. The van der Waals surface area contributed by atoms with Crippen LogP contribution in [0, 0.1) is 0 Å². The number of imidazole rings is 1. The van der Waals surface area contributed by atoms with Gasteiger partial charge in [0, 0.05) is 12.4 Å². The topological polar surface area (TPSA) is 66.0 Å². The lowest BCUT2D eigenvalue weighted by atomic mass is 10.8. The van der Waals surface area contributed by atoms with Gasteiger partial charge in [-0.1, -0.05) is 23.2 Å². The molecular formula is C5H6Cl2N2O2. The number of hydrogen-bond acceptors (Lipinski definition) is 2. The van der Waals surface area contributed by atoms with Crippen LogP contribution in [-0.4, -0.2) is 25.9 Å². The molecule has 0 aliphatic heterocycles. The molecule has 0 saturated heterocycles. The van der Waals surface area contributed by atoms with Crippen LogP contribution in [0.25, 0.3) is 0 Å². The fourth-order valence-corrected chi connectivity index (χ4v) is 0.215. The molecule has 1 aromatic rings. The molecule has 0 radical (unpaired) electrons. The molecule has 0 amide bonds. The zero-order chi connectivity index (χ0) is 8.69. The Bertz CT molecular complexity index is 171. The van der Waals surface area contributed by atoms with Gasteiger partial charge in [0.15, 0.2) is 0 Å². The molecule has 11 heavy (non-hydrogen) atoms. The fraction of sp³-hybridized carbons (Fsp3) is 0.200. The summed E-state index contributed by atoms with van der Waals surface area (Å²) in [4.78, 5) is 14.6. The van der Waals surface area contributed by atoms with Crippen molar-refractivity contribution >= 4 is 29.2 Å². The standard InChI is InChI=1S/C3H4N2.C2H2Cl2O2/c1-2-5-3-4-1;3-1(4)2(5)6/h1-3H,(H,4,5);1H,(H,5,6). The summed E-state index contributed by atoms with van der Waals surface area (Å²) in [7, 11) is 0. The molecule has 0 aliphatic carbocycles. The van der Waals surface area contributed by atoms with E-state index in [-0.39, 0.29) is 0 Å². The molecule has 0 bridgehead atoms. The predicted octanol–water partition coefficient (Wildman–Crippen LogP) is 1.28. The van der Waals surface area contributed by atoms with Gasteiger partial charge < -0.3 is 10.1 Å². The molecule has 62 valence electrons. The van der Waals surface area contributed by atoms with Crippen molar-refractivity contribution in [3.8, 4) is 0 Å². The largest absolute Gasteiger partial charge is 0.479 e. The van der Waals surface area contributed by atoms with Gasteiger partial charge in [-0.15, -0.1) is 0 Å². The summed E-state index contributed by atoms with van der Waals surface area (Å²) in [6.45, 7) is 0. The third kappa shape index (κ3) is 7.15. The first-order valence-electron chi connectivity index (χ1n) is 2.58. The van der Waals surface area contributed by atoms with Crippen LogP contribution in [0.15, 0.2) is 18.7 Å². The van der Waals surface area contributed by atoms with E-state index in [0.717, 1.165) is 0 Å². The Balaban J connectivity index is 0.000000183. The number of nitrogens with one attached hydrogen (secondary N) is 1. The van der Waals surface area contributed by atoms with Gasteiger partial charge in [0.2, 0.25) is 4.84 Å². The smallest absolute Gasteiger partial charge is 0.337 e. The Labute approximate surface area is 73.2 Å². The van der Waals surface area contributed by atoms with Gasteiger partial charge in [-0.3, -0.25) is 0 Å². The lowest BCUT2D eigenvalue weighted by Gasteiger charge is -1.84. The van der Waals surface area contributed by atoms with Crippen LogP contribution in [0.3, 0.4) is 0 Å². The third-order valence-electron chi connectivity index (χ3n) is 0.593. The number of hydrogen-bond donors (Lipinski definition) is 2. The van der Waals surface area contributed by atoms with Gasteiger partial charge in [-0.2, -0.15) is 0 Å². The van der Waals surface area contributed by atoms with E-state index in [9.17, 15) is 4.79 Å². The lowest BCUT2D eigenvalue weighted by molar-refractivity contribution is -0.135. The maximum absolute atomic E-state index is 9.44. The molecule has 0 aliphatic rings. The number of carbonyl (C=O) groups is 1. The lowest BCUT2D eigenvalue weighted by Crippen LogP contribution is -2.03. The van der Waals surface area contributed by atoms with Crippen LogP contribution in [0.4, 0.5) is 0 Å². The number of aliphatic carboxylic acids is 1. The first-order valence-corrected chi connectivity index (χ1v) is 3.45. The van der Waals surface area contributed by atoms with Crippen molar-refractivity contribution < 1.29 is 9.90 Å². The Kier molecular flexibility index (Phi) is 5.60. The van der Waals surface area contributed by atoms with E-state index in [2.05, 4.69) is 9.97 Å². The van der Waals surface area contributed by atoms with Crippen molar-refractivity contribution in [2.24, 2.45) is 0 Å². The number of carboxylic acids is 1. The summed E-state index contributed by atoms with van der Waals surface area (Å²) < 4.78 is 0. The highest BCUT2D eigenvalue weighted by molar-refractivity contribution is 6.52. The van der Waals surface area contributed by atoms with Crippen molar-refractivity contribution in [2.75, 3.05) is 0 Å². The van der Waals surface area contributed by atoms with Crippen molar-refractivity contribution in [3.63, 3.8) is 0 Å². The summed E-state index contributed by atoms with van der Waals surface area (Å²) in [6, 6.07) is 0. The molecular weight excluding hydrogens is 191 g/mol. The molecule has 6 heteroatoms. The average Bonchev–Trinajstić information content (AvgIpc) is 2.41. The third-order valence-corrected chi connectivity index (χ3v) is 0.966. The molecule has 0 atom stereocenters. The van der Waals surface area contributed by atoms with Crippen LogP contribution in [0.5, 0.6) is 0 Å².